The first kappa shape index (κ1) is 26.1. The lowest BCUT2D eigenvalue weighted by molar-refractivity contribution is -0.171. The van der Waals surface area contributed by atoms with Crippen molar-refractivity contribution in [3.8, 4) is 17.2 Å². The van der Waals surface area contributed by atoms with Crippen LogP contribution in [0, 0.1) is 11.8 Å². The van der Waals surface area contributed by atoms with Crippen LogP contribution in [0.1, 0.15) is 70.3 Å². The van der Waals surface area contributed by atoms with Crippen molar-refractivity contribution >= 4 is 23.8 Å². The zero-order valence-electron chi connectivity index (χ0n) is 22.5. The lowest BCUT2D eigenvalue weighted by Crippen LogP contribution is -2.72. The van der Waals surface area contributed by atoms with Gasteiger partial charge in [0.05, 0.1) is 5.60 Å². The molecular weight excluding hydrogens is 488 g/mol. The third kappa shape index (κ3) is 3.39. The molecule has 1 aromatic rings. The Balaban J connectivity index is 1.82. The Morgan fingerprint density at radius 3 is 2.53 bits per heavy atom. The van der Waals surface area contributed by atoms with Crippen LogP contribution < -0.4 is 9.47 Å². The summed E-state index contributed by atoms with van der Waals surface area (Å²) in [5.41, 5.74) is -1.75. The molecule has 8 nitrogen and oxygen atoms in total. The predicted molar refractivity (Wildman–Crippen MR) is 137 cm³/mol. The molecule has 0 radical (unpaired) electrons. The Labute approximate surface area is 221 Å². The summed E-state index contributed by atoms with van der Waals surface area (Å²) in [5.74, 6) is -2.40. The number of ketones is 2. The minimum atomic E-state index is -1.55. The molecular formula is C30H32O8. The number of phenols is 1. The average molecular weight is 521 g/mol. The second kappa shape index (κ2) is 8.50. The van der Waals surface area contributed by atoms with Crippen LogP contribution in [-0.4, -0.2) is 45.7 Å². The van der Waals surface area contributed by atoms with Crippen LogP contribution in [0.25, 0.3) is 0 Å². The minimum Gasteiger partial charge on any atom is -0.507 e. The maximum Gasteiger partial charge on any atom is 0.308 e. The summed E-state index contributed by atoms with van der Waals surface area (Å²) in [6.45, 7) is 10.5. The van der Waals surface area contributed by atoms with Gasteiger partial charge < -0.3 is 19.3 Å². The van der Waals surface area contributed by atoms with E-state index in [1.165, 1.54) is 13.0 Å². The Morgan fingerprint density at radius 1 is 1.18 bits per heavy atom. The number of aromatic hydroxyl groups is 1. The van der Waals surface area contributed by atoms with Gasteiger partial charge in [-0.1, -0.05) is 23.8 Å². The second-order valence-electron chi connectivity index (χ2n) is 11.5. The number of ether oxygens (including phenoxy) is 3. The number of carbonyl (C=O) groups excluding carboxylic acids is 4. The molecule has 1 spiro atoms. The highest BCUT2D eigenvalue weighted by molar-refractivity contribution is 6.18. The molecule has 1 N–H and O–H groups in total. The van der Waals surface area contributed by atoms with Crippen LogP contribution >= 0.6 is 0 Å². The van der Waals surface area contributed by atoms with Crippen LogP contribution in [0.3, 0.4) is 0 Å². The van der Waals surface area contributed by atoms with E-state index in [1.807, 2.05) is 33.8 Å². The monoisotopic (exact) mass is 520 g/mol. The van der Waals surface area contributed by atoms with E-state index in [-0.39, 0.29) is 47.4 Å². The van der Waals surface area contributed by atoms with Crippen molar-refractivity contribution in [2.45, 2.75) is 77.6 Å². The van der Waals surface area contributed by atoms with Crippen molar-refractivity contribution in [3.05, 3.63) is 52.1 Å². The van der Waals surface area contributed by atoms with Gasteiger partial charge in [-0.25, -0.2) is 0 Å². The number of hydrogen-bond acceptors (Lipinski definition) is 8. The summed E-state index contributed by atoms with van der Waals surface area (Å²) < 4.78 is 18.8. The van der Waals surface area contributed by atoms with Crippen molar-refractivity contribution in [3.63, 3.8) is 0 Å². The number of allylic oxidation sites excluding steroid dienone is 4. The van der Waals surface area contributed by atoms with E-state index >= 15 is 0 Å². The lowest BCUT2D eigenvalue weighted by atomic mass is 9.51. The van der Waals surface area contributed by atoms with E-state index in [1.54, 1.807) is 19.1 Å². The first-order chi connectivity index (χ1) is 17.8. The van der Waals surface area contributed by atoms with Crippen molar-refractivity contribution in [2.24, 2.45) is 11.8 Å². The fourth-order valence-electron chi connectivity index (χ4n) is 6.71. The Morgan fingerprint density at radius 2 is 1.89 bits per heavy atom. The molecule has 2 fully saturated rings. The molecule has 3 aliphatic carbocycles. The van der Waals surface area contributed by atoms with Gasteiger partial charge in [-0.05, 0) is 53.0 Å². The van der Waals surface area contributed by atoms with Gasteiger partial charge in [0.25, 0.3) is 0 Å². The molecule has 4 bridgehead atoms. The zero-order valence-corrected chi connectivity index (χ0v) is 22.5. The number of Topliss-reactive ketones (excluding diaryl/α,β-unsaturated/α-hetero) is 2. The third-order valence-electron chi connectivity index (χ3n) is 8.28. The van der Waals surface area contributed by atoms with Crippen molar-refractivity contribution in [1.82, 2.24) is 0 Å². The molecule has 1 saturated carbocycles. The minimum absolute atomic E-state index is 0.0407. The highest BCUT2D eigenvalue weighted by atomic mass is 16.6. The number of phenolic OH excluding ortho intramolecular Hbond substituents is 1. The zero-order chi connectivity index (χ0) is 27.8. The van der Waals surface area contributed by atoms with Gasteiger partial charge in [-0.2, -0.15) is 0 Å². The number of hydrogen-bond donors (Lipinski definition) is 1. The van der Waals surface area contributed by atoms with Crippen LogP contribution in [0.4, 0.5) is 0 Å². The molecule has 38 heavy (non-hydrogen) atoms. The maximum absolute atomic E-state index is 14.3. The third-order valence-corrected chi connectivity index (χ3v) is 8.28. The predicted octanol–water partition coefficient (Wildman–Crippen LogP) is 4.37. The molecule has 6 rings (SSSR count). The Kier molecular flexibility index (Phi) is 5.84. The lowest BCUT2D eigenvalue weighted by Gasteiger charge is -2.56. The van der Waals surface area contributed by atoms with E-state index in [0.717, 1.165) is 5.57 Å². The number of aldehydes is 1. The number of rotatable bonds is 6. The fraction of sp³-hybridized carbons (Fsp3) is 0.467. The normalized spacial score (nSPS) is 30.2. The largest absolute Gasteiger partial charge is 0.507 e. The summed E-state index contributed by atoms with van der Waals surface area (Å²) in [7, 11) is 0. The fourth-order valence-corrected chi connectivity index (χ4v) is 6.71. The highest BCUT2D eigenvalue weighted by Crippen LogP contribution is 2.68. The molecule has 0 aromatic heterocycles. The first-order valence-corrected chi connectivity index (χ1v) is 12.8. The van der Waals surface area contributed by atoms with Crippen molar-refractivity contribution < 1.29 is 38.5 Å². The SMILES string of the molecule is CC(=O)Oc1cc(O)c(CC=C(C)C)c2c1C(=O)C1=CC3CC4C(C)(C)OC(C/C=C(\C)C=O)(C3=O)C14O2. The molecule has 4 atom stereocenters. The summed E-state index contributed by atoms with van der Waals surface area (Å²) >= 11 is 0. The van der Waals surface area contributed by atoms with Crippen molar-refractivity contribution in [2.75, 3.05) is 0 Å². The van der Waals surface area contributed by atoms with E-state index in [9.17, 15) is 24.3 Å². The van der Waals surface area contributed by atoms with E-state index < -0.39 is 34.5 Å². The van der Waals surface area contributed by atoms with E-state index in [4.69, 9.17) is 14.2 Å². The molecule has 1 aromatic carbocycles. The average Bonchev–Trinajstić information content (AvgIpc) is 2.98. The molecule has 200 valence electrons. The summed E-state index contributed by atoms with van der Waals surface area (Å²) in [5, 5.41) is 11.0. The first-order valence-electron chi connectivity index (χ1n) is 12.8. The van der Waals surface area contributed by atoms with E-state index in [2.05, 4.69) is 0 Å². The number of esters is 1. The van der Waals surface area contributed by atoms with Gasteiger partial charge >= 0.3 is 5.97 Å². The second-order valence-corrected chi connectivity index (χ2v) is 11.5. The van der Waals surface area contributed by atoms with Gasteiger partial charge in [-0.3, -0.25) is 19.2 Å². The molecule has 1 saturated heterocycles. The van der Waals surface area contributed by atoms with Crippen molar-refractivity contribution in [1.29, 1.82) is 0 Å². The number of fused-ring (bicyclic) bond motifs is 1. The van der Waals surface area contributed by atoms with Gasteiger partial charge in [0.1, 0.15) is 29.1 Å². The Hall–Kier alpha value is -3.52. The molecule has 8 heteroatoms. The standard InChI is InChI=1S/C30H32O8/c1-15(2)7-8-19-21(33)13-22(36-17(4)32)24-25(34)20-11-18-12-23-28(5,6)38-29(27(18)35,10-9-16(3)14-31)30(20,23)37-26(19)24/h7,9,11,13-14,18,23,33H,8,10,12H2,1-6H3/b16-9+. The molecule has 5 aliphatic rings. The van der Waals surface area contributed by atoms with Gasteiger partial charge in [0.2, 0.25) is 0 Å². The maximum atomic E-state index is 14.3. The number of benzene rings is 1. The summed E-state index contributed by atoms with van der Waals surface area (Å²) in [6, 6.07) is 1.27. The van der Waals surface area contributed by atoms with Gasteiger partial charge in [0, 0.05) is 42.4 Å². The summed E-state index contributed by atoms with van der Waals surface area (Å²) in [4.78, 5) is 51.7. The smallest absolute Gasteiger partial charge is 0.308 e. The molecule has 2 aliphatic heterocycles. The number of carbonyl (C=O) groups is 4. The highest BCUT2D eigenvalue weighted by Gasteiger charge is 2.81. The topological polar surface area (TPSA) is 116 Å². The van der Waals surface area contributed by atoms with Crippen LogP contribution in [0.5, 0.6) is 17.2 Å². The van der Waals surface area contributed by atoms with Crippen LogP contribution in [-0.2, 0) is 25.5 Å². The molecule has 0 amide bonds. The quantitative estimate of drug-likeness (QED) is 0.193. The van der Waals surface area contributed by atoms with E-state index in [0.29, 0.717) is 29.4 Å². The van der Waals surface area contributed by atoms with Crippen LogP contribution in [0.2, 0.25) is 0 Å². The van der Waals surface area contributed by atoms with Gasteiger partial charge in [0.15, 0.2) is 22.8 Å². The Bertz CT molecular complexity index is 1390. The van der Waals surface area contributed by atoms with Crippen LogP contribution in [0.15, 0.2) is 41.0 Å². The molecule has 4 unspecified atom stereocenters. The van der Waals surface area contributed by atoms with Gasteiger partial charge in [-0.15, -0.1) is 0 Å². The molecule has 2 heterocycles. The summed E-state index contributed by atoms with van der Waals surface area (Å²) in [6.07, 6.45) is 6.65.